The molecule has 1 atom stereocenters. The second-order valence-corrected chi connectivity index (χ2v) is 7.11. The maximum absolute atomic E-state index is 11.6. The highest BCUT2D eigenvalue weighted by molar-refractivity contribution is 5.95. The average Bonchev–Trinajstić information content (AvgIpc) is 3.32. The number of nitrogens with zero attached hydrogens (tertiary/aromatic N) is 1. The number of ether oxygens (including phenoxy) is 3. The fourth-order valence-electron chi connectivity index (χ4n) is 3.29. The minimum atomic E-state index is -0.699. The molecule has 2 heterocycles. The standard InChI is InChI=1S/C23H22N2O6/c1-14-18(24-21(30-14)16-6-4-3-5-7-16)13-29-19-11-9-15(12-20(19)28-2)8-10-17-22(26)31-23(27)25-17/h3-7,9,11-12,17H,8,10,13H2,1-2H3,(H,25,27). The molecular formula is C23H22N2O6. The summed E-state index contributed by atoms with van der Waals surface area (Å²) in [6, 6.07) is 14.6. The Morgan fingerprint density at radius 1 is 1.10 bits per heavy atom. The number of alkyl carbamates (subject to hydrolysis) is 1. The maximum Gasteiger partial charge on any atom is 0.415 e. The molecule has 1 aromatic heterocycles. The SMILES string of the molecule is COc1cc(CCC2NC(=O)OC2=O)ccc1OCc1nc(-c2ccccc2)oc1C. The Morgan fingerprint density at radius 3 is 2.61 bits per heavy atom. The van der Waals surface area contributed by atoms with Gasteiger partial charge in [-0.3, -0.25) is 0 Å². The summed E-state index contributed by atoms with van der Waals surface area (Å²) >= 11 is 0. The molecule has 1 aliphatic heterocycles. The van der Waals surface area contributed by atoms with Crippen LogP contribution in [0.5, 0.6) is 11.5 Å². The molecule has 2 aromatic carbocycles. The Bertz CT molecular complexity index is 1090. The number of cyclic esters (lactones) is 2. The van der Waals surface area contributed by atoms with Gasteiger partial charge in [-0.25, -0.2) is 14.6 Å². The van der Waals surface area contributed by atoms with Crippen molar-refractivity contribution in [2.45, 2.75) is 32.4 Å². The number of hydrogen-bond donors (Lipinski definition) is 1. The van der Waals surface area contributed by atoms with Crippen molar-refractivity contribution >= 4 is 12.1 Å². The van der Waals surface area contributed by atoms with Gasteiger partial charge in [0.05, 0.1) is 7.11 Å². The molecule has 0 aliphatic carbocycles. The first-order chi connectivity index (χ1) is 15.0. The van der Waals surface area contributed by atoms with Gasteiger partial charge in [0.15, 0.2) is 11.5 Å². The van der Waals surface area contributed by atoms with E-state index in [1.165, 1.54) is 0 Å². The lowest BCUT2D eigenvalue weighted by Crippen LogP contribution is -2.29. The lowest BCUT2D eigenvalue weighted by Gasteiger charge is -2.12. The smallest absolute Gasteiger partial charge is 0.415 e. The van der Waals surface area contributed by atoms with E-state index in [0.29, 0.717) is 41.7 Å². The number of nitrogens with one attached hydrogen (secondary N) is 1. The third-order valence-corrected chi connectivity index (χ3v) is 5.00. The van der Waals surface area contributed by atoms with E-state index in [4.69, 9.17) is 13.9 Å². The molecule has 0 bridgehead atoms. The van der Waals surface area contributed by atoms with Crippen molar-refractivity contribution in [3.05, 3.63) is 65.5 Å². The van der Waals surface area contributed by atoms with E-state index < -0.39 is 18.1 Å². The molecule has 160 valence electrons. The summed E-state index contributed by atoms with van der Waals surface area (Å²) in [5, 5.41) is 2.49. The number of hydrogen-bond acceptors (Lipinski definition) is 7. The number of methoxy groups -OCH3 is 1. The molecule has 4 rings (SSSR count). The van der Waals surface area contributed by atoms with E-state index >= 15 is 0 Å². The summed E-state index contributed by atoms with van der Waals surface area (Å²) in [6.45, 7) is 2.09. The first-order valence-corrected chi connectivity index (χ1v) is 9.87. The normalized spacial score (nSPS) is 15.5. The number of carbonyl (C=O) groups is 2. The van der Waals surface area contributed by atoms with E-state index in [1.807, 2.05) is 55.5 Å². The second-order valence-electron chi connectivity index (χ2n) is 7.11. The van der Waals surface area contributed by atoms with E-state index in [1.54, 1.807) is 7.11 Å². The van der Waals surface area contributed by atoms with Crippen LogP contribution in [0.1, 0.15) is 23.4 Å². The zero-order valence-electron chi connectivity index (χ0n) is 17.2. The van der Waals surface area contributed by atoms with Crippen molar-refractivity contribution in [3.8, 4) is 23.0 Å². The highest BCUT2D eigenvalue weighted by Gasteiger charge is 2.31. The zero-order chi connectivity index (χ0) is 21.8. The van der Waals surface area contributed by atoms with Crippen molar-refractivity contribution in [1.82, 2.24) is 10.3 Å². The summed E-state index contributed by atoms with van der Waals surface area (Å²) in [7, 11) is 1.56. The van der Waals surface area contributed by atoms with Gasteiger partial charge >= 0.3 is 12.1 Å². The first-order valence-electron chi connectivity index (χ1n) is 9.87. The number of rotatable bonds is 8. The number of benzene rings is 2. The molecule has 1 amide bonds. The van der Waals surface area contributed by atoms with Crippen LogP contribution in [-0.2, 0) is 22.6 Å². The molecule has 1 N–H and O–H groups in total. The van der Waals surface area contributed by atoms with Gasteiger partial charge in [0, 0.05) is 5.56 Å². The molecule has 31 heavy (non-hydrogen) atoms. The summed E-state index contributed by atoms with van der Waals surface area (Å²) in [4.78, 5) is 27.2. The summed E-state index contributed by atoms with van der Waals surface area (Å²) in [5.41, 5.74) is 2.56. The molecule has 1 fully saturated rings. The Kier molecular flexibility index (Phi) is 5.88. The van der Waals surface area contributed by atoms with Crippen LogP contribution in [0.25, 0.3) is 11.5 Å². The molecule has 1 saturated heterocycles. The lowest BCUT2D eigenvalue weighted by atomic mass is 10.1. The monoisotopic (exact) mass is 422 g/mol. The number of carbonyl (C=O) groups excluding carboxylic acids is 2. The molecule has 1 unspecified atom stereocenters. The van der Waals surface area contributed by atoms with Gasteiger partial charge in [-0.15, -0.1) is 0 Å². The Morgan fingerprint density at radius 2 is 1.90 bits per heavy atom. The molecule has 0 radical (unpaired) electrons. The molecule has 8 heteroatoms. The van der Waals surface area contributed by atoms with Crippen molar-refractivity contribution in [2.75, 3.05) is 7.11 Å². The quantitative estimate of drug-likeness (QED) is 0.435. The Hall–Kier alpha value is -3.81. The largest absolute Gasteiger partial charge is 0.493 e. The number of amides is 1. The topological polar surface area (TPSA) is 99.9 Å². The van der Waals surface area contributed by atoms with Crippen molar-refractivity contribution in [2.24, 2.45) is 0 Å². The van der Waals surface area contributed by atoms with Crippen molar-refractivity contribution in [3.63, 3.8) is 0 Å². The van der Waals surface area contributed by atoms with Gasteiger partial charge in [0.25, 0.3) is 0 Å². The van der Waals surface area contributed by atoms with Gasteiger partial charge in [0.2, 0.25) is 5.89 Å². The van der Waals surface area contributed by atoms with E-state index in [2.05, 4.69) is 15.0 Å². The van der Waals surface area contributed by atoms with Crippen LogP contribution >= 0.6 is 0 Å². The van der Waals surface area contributed by atoms with Crippen molar-refractivity contribution < 1.29 is 28.2 Å². The fourth-order valence-corrected chi connectivity index (χ4v) is 3.29. The van der Waals surface area contributed by atoms with Gasteiger partial charge in [-0.1, -0.05) is 24.3 Å². The molecule has 3 aromatic rings. The van der Waals surface area contributed by atoms with Gasteiger partial charge < -0.3 is 23.9 Å². The fraction of sp³-hybridized carbons (Fsp3) is 0.261. The van der Waals surface area contributed by atoms with Crippen LogP contribution in [-0.4, -0.2) is 30.2 Å². The summed E-state index contributed by atoms with van der Waals surface area (Å²) in [6.07, 6.45) is 0.309. The first kappa shape index (κ1) is 20.5. The molecule has 8 nitrogen and oxygen atoms in total. The molecule has 1 aliphatic rings. The minimum Gasteiger partial charge on any atom is -0.493 e. The van der Waals surface area contributed by atoms with E-state index in [-0.39, 0.29) is 6.61 Å². The number of aromatic nitrogens is 1. The van der Waals surface area contributed by atoms with Gasteiger partial charge in [-0.2, -0.15) is 0 Å². The Labute approximate surface area is 179 Å². The predicted molar refractivity (Wildman–Crippen MR) is 111 cm³/mol. The molecule has 0 spiro atoms. The second kappa shape index (κ2) is 8.91. The number of aryl methyl sites for hydroxylation is 2. The molecule has 0 saturated carbocycles. The van der Waals surface area contributed by atoms with Crippen LogP contribution in [0.3, 0.4) is 0 Å². The van der Waals surface area contributed by atoms with Crippen LogP contribution in [0, 0.1) is 6.92 Å². The van der Waals surface area contributed by atoms with Crippen LogP contribution in [0.2, 0.25) is 0 Å². The highest BCUT2D eigenvalue weighted by Crippen LogP contribution is 2.30. The number of oxazole rings is 1. The number of esters is 1. The van der Waals surface area contributed by atoms with E-state index in [9.17, 15) is 9.59 Å². The zero-order valence-corrected chi connectivity index (χ0v) is 17.2. The summed E-state index contributed by atoms with van der Waals surface area (Å²) in [5.74, 6) is 1.84. The third-order valence-electron chi connectivity index (χ3n) is 5.00. The summed E-state index contributed by atoms with van der Waals surface area (Å²) < 4.78 is 21.7. The maximum atomic E-state index is 11.6. The Balaban J connectivity index is 1.40. The average molecular weight is 422 g/mol. The third kappa shape index (κ3) is 4.69. The predicted octanol–water partition coefficient (Wildman–Crippen LogP) is 3.81. The lowest BCUT2D eigenvalue weighted by molar-refractivity contribution is -0.135. The van der Waals surface area contributed by atoms with Gasteiger partial charge in [0.1, 0.15) is 24.1 Å². The van der Waals surface area contributed by atoms with Crippen LogP contribution < -0.4 is 14.8 Å². The van der Waals surface area contributed by atoms with E-state index in [0.717, 1.165) is 11.1 Å². The van der Waals surface area contributed by atoms with Gasteiger partial charge in [-0.05, 0) is 49.6 Å². The van der Waals surface area contributed by atoms with Crippen LogP contribution in [0.15, 0.2) is 52.9 Å². The minimum absolute atomic E-state index is 0.234. The van der Waals surface area contributed by atoms with Crippen LogP contribution in [0.4, 0.5) is 4.79 Å². The highest BCUT2D eigenvalue weighted by atomic mass is 16.6. The molecular weight excluding hydrogens is 400 g/mol. The van der Waals surface area contributed by atoms with Crippen molar-refractivity contribution in [1.29, 1.82) is 0 Å².